The van der Waals surface area contributed by atoms with Crippen LogP contribution >= 0.6 is 24.0 Å². The third-order valence-corrected chi connectivity index (χ3v) is 2.62. The average molecular weight is 372 g/mol. The maximum atomic E-state index is 5.77. The molecule has 1 rings (SSSR count). The molecule has 1 heterocycles. The van der Waals surface area contributed by atoms with Gasteiger partial charge < -0.3 is 25.4 Å². The zero-order valence-electron chi connectivity index (χ0n) is 11.4. The standard InChI is InChI=1S/C11H24N4O2.HI/c1-9(8-16-3)14-11(12)13-6-10-7-15(2)4-5-17-10;/h9-10H,4-8H2,1-3H3,(H3,12,13,14);1H. The van der Waals surface area contributed by atoms with Crippen molar-refractivity contribution in [2.45, 2.75) is 19.1 Å². The number of nitrogens with one attached hydrogen (secondary N) is 1. The van der Waals surface area contributed by atoms with Gasteiger partial charge in [0.15, 0.2) is 5.96 Å². The van der Waals surface area contributed by atoms with Crippen molar-refractivity contribution in [2.75, 3.05) is 47.0 Å². The minimum absolute atomic E-state index is 0. The van der Waals surface area contributed by atoms with Crippen molar-refractivity contribution in [2.24, 2.45) is 10.7 Å². The van der Waals surface area contributed by atoms with Gasteiger partial charge in [0.05, 0.1) is 25.9 Å². The van der Waals surface area contributed by atoms with Crippen LogP contribution in [0.4, 0.5) is 0 Å². The van der Waals surface area contributed by atoms with E-state index >= 15 is 0 Å². The number of aliphatic imine (C=N–C) groups is 1. The van der Waals surface area contributed by atoms with Crippen LogP contribution in [-0.2, 0) is 9.47 Å². The monoisotopic (exact) mass is 372 g/mol. The van der Waals surface area contributed by atoms with E-state index in [-0.39, 0.29) is 36.1 Å². The number of hydrogen-bond donors (Lipinski definition) is 2. The van der Waals surface area contributed by atoms with Crippen molar-refractivity contribution in [1.29, 1.82) is 0 Å². The smallest absolute Gasteiger partial charge is 0.188 e. The SMILES string of the molecule is COCC(C)NC(N)=NCC1CN(C)CCO1.I. The van der Waals surface area contributed by atoms with Crippen LogP contribution in [0.15, 0.2) is 4.99 Å². The summed E-state index contributed by atoms with van der Waals surface area (Å²) < 4.78 is 10.6. The Morgan fingerprint density at radius 3 is 3.00 bits per heavy atom. The summed E-state index contributed by atoms with van der Waals surface area (Å²) in [6.45, 7) is 5.87. The second-order valence-electron chi connectivity index (χ2n) is 4.48. The molecular weight excluding hydrogens is 347 g/mol. The van der Waals surface area contributed by atoms with Crippen molar-refractivity contribution in [3.8, 4) is 0 Å². The van der Waals surface area contributed by atoms with Gasteiger partial charge in [0.25, 0.3) is 0 Å². The van der Waals surface area contributed by atoms with Crippen LogP contribution < -0.4 is 11.1 Å². The topological polar surface area (TPSA) is 72.1 Å². The molecular formula is C11H25IN4O2. The summed E-state index contributed by atoms with van der Waals surface area (Å²) in [5.41, 5.74) is 5.77. The fraction of sp³-hybridized carbons (Fsp3) is 0.909. The van der Waals surface area contributed by atoms with Crippen LogP contribution in [0.25, 0.3) is 0 Å². The summed E-state index contributed by atoms with van der Waals surface area (Å²) in [5.74, 6) is 0.450. The Labute approximate surface area is 126 Å². The third-order valence-electron chi connectivity index (χ3n) is 2.62. The molecule has 0 aromatic carbocycles. The molecule has 1 aliphatic rings. The number of nitrogens with zero attached hydrogens (tertiary/aromatic N) is 2. The number of nitrogens with two attached hydrogens (primary N) is 1. The molecule has 2 unspecified atom stereocenters. The molecule has 108 valence electrons. The molecule has 1 fully saturated rings. The molecule has 6 nitrogen and oxygen atoms in total. The predicted octanol–water partition coefficient (Wildman–Crippen LogP) is -0.126. The van der Waals surface area contributed by atoms with E-state index in [9.17, 15) is 0 Å². The van der Waals surface area contributed by atoms with Crippen LogP contribution in [0.1, 0.15) is 6.92 Å². The van der Waals surface area contributed by atoms with Crippen molar-refractivity contribution < 1.29 is 9.47 Å². The van der Waals surface area contributed by atoms with Gasteiger partial charge in [0.1, 0.15) is 0 Å². The highest BCUT2D eigenvalue weighted by molar-refractivity contribution is 14.0. The Morgan fingerprint density at radius 2 is 2.39 bits per heavy atom. The van der Waals surface area contributed by atoms with E-state index in [1.165, 1.54) is 0 Å². The average Bonchev–Trinajstić information content (AvgIpc) is 2.27. The van der Waals surface area contributed by atoms with Crippen molar-refractivity contribution in [3.05, 3.63) is 0 Å². The molecule has 0 bridgehead atoms. The quantitative estimate of drug-likeness (QED) is 0.400. The molecule has 1 aliphatic heterocycles. The van der Waals surface area contributed by atoms with Gasteiger partial charge in [-0.25, -0.2) is 0 Å². The van der Waals surface area contributed by atoms with Gasteiger partial charge in [-0.15, -0.1) is 24.0 Å². The number of likely N-dealkylation sites (N-methyl/N-ethyl adjacent to an activating group) is 1. The lowest BCUT2D eigenvalue weighted by Crippen LogP contribution is -2.44. The molecule has 0 spiro atoms. The first-order valence-corrected chi connectivity index (χ1v) is 5.97. The first-order valence-electron chi connectivity index (χ1n) is 5.97. The maximum absolute atomic E-state index is 5.77. The number of morpholine rings is 1. The lowest BCUT2D eigenvalue weighted by Gasteiger charge is -2.29. The fourth-order valence-corrected chi connectivity index (χ4v) is 1.77. The Hall–Kier alpha value is -0.120. The number of ether oxygens (including phenoxy) is 2. The maximum Gasteiger partial charge on any atom is 0.188 e. The molecule has 0 aromatic heterocycles. The minimum atomic E-state index is 0. The molecule has 0 radical (unpaired) electrons. The van der Waals surface area contributed by atoms with Crippen LogP contribution in [0, 0.1) is 0 Å². The number of rotatable bonds is 5. The van der Waals surface area contributed by atoms with Gasteiger partial charge in [0.2, 0.25) is 0 Å². The van der Waals surface area contributed by atoms with E-state index in [0.29, 0.717) is 19.1 Å². The Morgan fingerprint density at radius 1 is 1.67 bits per heavy atom. The van der Waals surface area contributed by atoms with Gasteiger partial charge in [-0.3, -0.25) is 4.99 Å². The van der Waals surface area contributed by atoms with E-state index in [1.807, 2.05) is 6.92 Å². The normalized spacial score (nSPS) is 23.3. The summed E-state index contributed by atoms with van der Waals surface area (Å²) in [7, 11) is 3.75. The lowest BCUT2D eigenvalue weighted by molar-refractivity contribution is -0.0136. The van der Waals surface area contributed by atoms with E-state index in [1.54, 1.807) is 7.11 Å². The molecule has 0 aliphatic carbocycles. The number of methoxy groups -OCH3 is 1. The van der Waals surface area contributed by atoms with Gasteiger partial charge >= 0.3 is 0 Å². The van der Waals surface area contributed by atoms with Gasteiger partial charge in [-0.05, 0) is 14.0 Å². The third kappa shape index (κ3) is 7.34. The molecule has 0 aromatic rings. The lowest BCUT2D eigenvalue weighted by atomic mass is 10.3. The summed E-state index contributed by atoms with van der Waals surface area (Å²) in [5, 5.41) is 3.07. The van der Waals surface area contributed by atoms with E-state index in [4.69, 9.17) is 15.2 Å². The highest BCUT2D eigenvalue weighted by atomic mass is 127. The molecule has 0 amide bonds. The fourth-order valence-electron chi connectivity index (χ4n) is 1.77. The first kappa shape index (κ1) is 17.9. The largest absolute Gasteiger partial charge is 0.383 e. The second-order valence-corrected chi connectivity index (χ2v) is 4.48. The second kappa shape index (κ2) is 9.76. The number of guanidine groups is 1. The van der Waals surface area contributed by atoms with Gasteiger partial charge in [0, 0.05) is 26.2 Å². The zero-order valence-corrected chi connectivity index (χ0v) is 13.7. The summed E-state index contributed by atoms with van der Waals surface area (Å²) in [4.78, 5) is 6.52. The Bertz CT molecular complexity index is 253. The molecule has 2 atom stereocenters. The van der Waals surface area contributed by atoms with E-state index in [0.717, 1.165) is 19.7 Å². The summed E-state index contributed by atoms with van der Waals surface area (Å²) >= 11 is 0. The van der Waals surface area contributed by atoms with E-state index < -0.39 is 0 Å². The summed E-state index contributed by atoms with van der Waals surface area (Å²) in [6, 6.07) is 0.165. The summed E-state index contributed by atoms with van der Waals surface area (Å²) in [6.07, 6.45) is 0.145. The van der Waals surface area contributed by atoms with Crippen LogP contribution in [0.5, 0.6) is 0 Å². The molecule has 1 saturated heterocycles. The minimum Gasteiger partial charge on any atom is -0.383 e. The van der Waals surface area contributed by atoms with E-state index in [2.05, 4.69) is 22.3 Å². The Balaban J connectivity index is 0.00000289. The zero-order chi connectivity index (χ0) is 12.7. The van der Waals surface area contributed by atoms with Crippen LogP contribution in [0.2, 0.25) is 0 Å². The predicted molar refractivity (Wildman–Crippen MR) is 83.6 cm³/mol. The molecule has 18 heavy (non-hydrogen) atoms. The van der Waals surface area contributed by atoms with Crippen LogP contribution in [0.3, 0.4) is 0 Å². The molecule has 0 saturated carbocycles. The van der Waals surface area contributed by atoms with Gasteiger partial charge in [-0.2, -0.15) is 0 Å². The van der Waals surface area contributed by atoms with Crippen molar-refractivity contribution >= 4 is 29.9 Å². The first-order chi connectivity index (χ1) is 8.11. The highest BCUT2D eigenvalue weighted by Crippen LogP contribution is 2.02. The molecule has 3 N–H and O–H groups in total. The highest BCUT2D eigenvalue weighted by Gasteiger charge is 2.17. The Kier molecular flexibility index (Phi) is 9.70. The van der Waals surface area contributed by atoms with Gasteiger partial charge in [-0.1, -0.05) is 0 Å². The van der Waals surface area contributed by atoms with Crippen molar-refractivity contribution in [3.63, 3.8) is 0 Å². The van der Waals surface area contributed by atoms with Crippen LogP contribution in [-0.4, -0.2) is 70.0 Å². The number of hydrogen-bond acceptors (Lipinski definition) is 4. The number of halogens is 1. The molecule has 7 heteroatoms. The van der Waals surface area contributed by atoms with Crippen molar-refractivity contribution in [1.82, 2.24) is 10.2 Å².